The molecule has 4 nitrogen and oxygen atoms in total. The summed E-state index contributed by atoms with van der Waals surface area (Å²) in [6.45, 7) is 1.71. The highest BCUT2D eigenvalue weighted by molar-refractivity contribution is 6.18. The fourth-order valence-electron chi connectivity index (χ4n) is 3.66. The standard InChI is InChI=1S/C19H19FN4/c1-11(21)24-17-6-4-15(13-8-14(20)10-23-9-13)19(12-2-3-12)16(17)5-7-18(24)22/h4,6,8-10,12,21-22H,2-3,5,7H2,1H3. The SMILES string of the molecule is CC(=N)N1C(=N)CCc2c1ccc(-c1cncc(F)c1)c2C1CC1. The van der Waals surface area contributed by atoms with Crippen molar-refractivity contribution in [3.63, 3.8) is 0 Å². The number of hydrogen-bond donors (Lipinski definition) is 2. The Morgan fingerprint density at radius 2 is 2.04 bits per heavy atom. The van der Waals surface area contributed by atoms with Crippen LogP contribution in [0.25, 0.3) is 11.1 Å². The molecular weight excluding hydrogens is 303 g/mol. The summed E-state index contributed by atoms with van der Waals surface area (Å²) in [5, 5.41) is 16.2. The molecule has 0 unspecified atom stereocenters. The van der Waals surface area contributed by atoms with Crippen LogP contribution in [0.15, 0.2) is 30.6 Å². The molecule has 0 saturated heterocycles. The van der Waals surface area contributed by atoms with Crippen LogP contribution in [0.4, 0.5) is 10.1 Å². The summed E-state index contributed by atoms with van der Waals surface area (Å²) >= 11 is 0. The Bertz CT molecular complexity index is 854. The van der Waals surface area contributed by atoms with Crippen LogP contribution in [0.3, 0.4) is 0 Å². The van der Waals surface area contributed by atoms with Crippen LogP contribution < -0.4 is 4.90 Å². The number of anilines is 1. The minimum atomic E-state index is -0.328. The maximum Gasteiger partial charge on any atom is 0.142 e. The van der Waals surface area contributed by atoms with Gasteiger partial charge in [0.2, 0.25) is 0 Å². The van der Waals surface area contributed by atoms with E-state index in [2.05, 4.69) is 4.98 Å². The van der Waals surface area contributed by atoms with Gasteiger partial charge in [0, 0.05) is 18.2 Å². The van der Waals surface area contributed by atoms with Crippen molar-refractivity contribution >= 4 is 17.4 Å². The van der Waals surface area contributed by atoms with Crippen LogP contribution in [0.1, 0.15) is 43.2 Å². The first-order chi connectivity index (χ1) is 11.6. The van der Waals surface area contributed by atoms with E-state index >= 15 is 0 Å². The van der Waals surface area contributed by atoms with Gasteiger partial charge in [-0.3, -0.25) is 20.7 Å². The molecule has 1 aromatic carbocycles. The van der Waals surface area contributed by atoms with Crippen molar-refractivity contribution in [2.24, 2.45) is 0 Å². The number of halogens is 1. The molecule has 1 aromatic heterocycles. The van der Waals surface area contributed by atoms with E-state index in [-0.39, 0.29) is 5.82 Å². The summed E-state index contributed by atoms with van der Waals surface area (Å²) in [4.78, 5) is 5.72. The molecule has 0 atom stereocenters. The largest absolute Gasteiger partial charge is 0.288 e. The van der Waals surface area contributed by atoms with Crippen molar-refractivity contribution in [3.05, 3.63) is 47.5 Å². The quantitative estimate of drug-likeness (QED) is 0.632. The van der Waals surface area contributed by atoms with E-state index in [4.69, 9.17) is 10.8 Å². The zero-order valence-corrected chi connectivity index (χ0v) is 13.6. The number of nitrogens with zero attached hydrogens (tertiary/aromatic N) is 2. The summed E-state index contributed by atoms with van der Waals surface area (Å²) in [6.07, 6.45) is 6.66. The van der Waals surface area contributed by atoms with Gasteiger partial charge in [-0.1, -0.05) is 6.07 Å². The molecule has 24 heavy (non-hydrogen) atoms. The molecule has 0 amide bonds. The van der Waals surface area contributed by atoms with E-state index in [0.717, 1.165) is 36.1 Å². The van der Waals surface area contributed by atoms with Crippen LogP contribution in [0, 0.1) is 16.6 Å². The fourth-order valence-corrected chi connectivity index (χ4v) is 3.66. The maximum atomic E-state index is 13.6. The van der Waals surface area contributed by atoms with Crippen LogP contribution in [0.2, 0.25) is 0 Å². The van der Waals surface area contributed by atoms with Crippen LogP contribution in [-0.2, 0) is 6.42 Å². The van der Waals surface area contributed by atoms with Gasteiger partial charge in [0.25, 0.3) is 0 Å². The van der Waals surface area contributed by atoms with Crippen LogP contribution in [0.5, 0.6) is 0 Å². The Balaban J connectivity index is 1.92. The molecule has 4 rings (SSSR count). The van der Waals surface area contributed by atoms with Crippen molar-refractivity contribution in [1.82, 2.24) is 4.98 Å². The lowest BCUT2D eigenvalue weighted by Gasteiger charge is -2.33. The van der Waals surface area contributed by atoms with Crippen LogP contribution in [-0.4, -0.2) is 16.7 Å². The zero-order valence-electron chi connectivity index (χ0n) is 13.6. The highest BCUT2D eigenvalue weighted by Crippen LogP contribution is 2.49. The van der Waals surface area contributed by atoms with Crippen LogP contribution >= 0.6 is 0 Å². The van der Waals surface area contributed by atoms with E-state index in [1.165, 1.54) is 23.4 Å². The fraction of sp³-hybridized carbons (Fsp3) is 0.316. The van der Waals surface area contributed by atoms with E-state index in [0.29, 0.717) is 24.0 Å². The van der Waals surface area contributed by atoms with E-state index < -0.39 is 0 Å². The summed E-state index contributed by atoms with van der Waals surface area (Å²) in [6, 6.07) is 5.50. The van der Waals surface area contributed by atoms with Gasteiger partial charge in [-0.2, -0.15) is 0 Å². The van der Waals surface area contributed by atoms with Crippen molar-refractivity contribution < 1.29 is 4.39 Å². The molecule has 1 aliphatic heterocycles. The molecule has 1 aliphatic carbocycles. The summed E-state index contributed by atoms with van der Waals surface area (Å²) in [7, 11) is 0. The topological polar surface area (TPSA) is 63.8 Å². The Labute approximate surface area is 140 Å². The summed E-state index contributed by atoms with van der Waals surface area (Å²) in [5.74, 6) is 1.00. The Morgan fingerprint density at radius 1 is 1.25 bits per heavy atom. The molecule has 0 radical (unpaired) electrons. The summed E-state index contributed by atoms with van der Waals surface area (Å²) in [5.41, 5.74) is 5.26. The van der Waals surface area contributed by atoms with Gasteiger partial charge in [0.05, 0.1) is 11.9 Å². The molecular formula is C19H19FN4. The lowest BCUT2D eigenvalue weighted by atomic mass is 9.87. The van der Waals surface area contributed by atoms with Crippen molar-refractivity contribution in [2.75, 3.05) is 4.90 Å². The third-order valence-electron chi connectivity index (χ3n) is 4.79. The smallest absolute Gasteiger partial charge is 0.142 e. The predicted octanol–water partition coefficient (Wildman–Crippen LogP) is 4.49. The Kier molecular flexibility index (Phi) is 3.44. The third-order valence-corrected chi connectivity index (χ3v) is 4.79. The Hall–Kier alpha value is -2.56. The molecule has 2 N–H and O–H groups in total. The second-order valence-electron chi connectivity index (χ2n) is 6.56. The van der Waals surface area contributed by atoms with E-state index in [9.17, 15) is 4.39 Å². The first kappa shape index (κ1) is 15.0. The van der Waals surface area contributed by atoms with Gasteiger partial charge in [-0.15, -0.1) is 0 Å². The molecule has 1 saturated carbocycles. The van der Waals surface area contributed by atoms with Gasteiger partial charge < -0.3 is 0 Å². The molecule has 0 bridgehead atoms. The number of nitrogens with one attached hydrogen (secondary N) is 2. The minimum Gasteiger partial charge on any atom is -0.288 e. The number of rotatable bonds is 2. The molecule has 2 aromatic rings. The first-order valence-electron chi connectivity index (χ1n) is 8.25. The highest BCUT2D eigenvalue weighted by Gasteiger charge is 2.34. The number of hydrogen-bond acceptors (Lipinski definition) is 3. The van der Waals surface area contributed by atoms with Gasteiger partial charge >= 0.3 is 0 Å². The lowest BCUT2D eigenvalue weighted by Crippen LogP contribution is -2.38. The second kappa shape index (κ2) is 5.51. The van der Waals surface area contributed by atoms with E-state index in [1.807, 2.05) is 12.1 Å². The highest BCUT2D eigenvalue weighted by atomic mass is 19.1. The number of amidine groups is 2. The monoisotopic (exact) mass is 322 g/mol. The molecule has 1 fully saturated rings. The first-order valence-corrected chi connectivity index (χ1v) is 8.25. The van der Waals surface area contributed by atoms with Crippen molar-refractivity contribution in [1.29, 1.82) is 10.8 Å². The Morgan fingerprint density at radius 3 is 2.71 bits per heavy atom. The average molecular weight is 322 g/mol. The van der Waals surface area contributed by atoms with Gasteiger partial charge in [0.15, 0.2) is 0 Å². The number of benzene rings is 1. The maximum absolute atomic E-state index is 13.6. The molecule has 122 valence electrons. The molecule has 0 spiro atoms. The van der Waals surface area contributed by atoms with Crippen molar-refractivity contribution in [2.45, 2.75) is 38.5 Å². The van der Waals surface area contributed by atoms with Gasteiger partial charge in [-0.05, 0) is 60.9 Å². The summed E-state index contributed by atoms with van der Waals surface area (Å²) < 4.78 is 13.6. The van der Waals surface area contributed by atoms with E-state index in [1.54, 1.807) is 18.0 Å². The van der Waals surface area contributed by atoms with Gasteiger partial charge in [-0.25, -0.2) is 4.39 Å². The van der Waals surface area contributed by atoms with Crippen molar-refractivity contribution in [3.8, 4) is 11.1 Å². The average Bonchev–Trinajstić information content (AvgIpc) is 3.37. The normalized spacial score (nSPS) is 16.9. The number of fused-ring (bicyclic) bond motifs is 1. The zero-order chi connectivity index (χ0) is 16.8. The predicted molar refractivity (Wildman–Crippen MR) is 93.5 cm³/mol. The number of pyridine rings is 1. The third kappa shape index (κ3) is 2.40. The number of aromatic nitrogens is 1. The molecule has 2 aliphatic rings. The minimum absolute atomic E-state index is 0.328. The molecule has 2 heterocycles. The van der Waals surface area contributed by atoms with Gasteiger partial charge in [0.1, 0.15) is 17.5 Å². The lowest BCUT2D eigenvalue weighted by molar-refractivity contribution is 0.622. The molecule has 5 heteroatoms. The second-order valence-corrected chi connectivity index (χ2v) is 6.56.